The number of nitrogens with one attached hydrogen (secondary N) is 1. The molecule has 4 rings (SSSR count). The average Bonchev–Trinajstić information content (AvgIpc) is 2.70. The molecule has 1 amide bonds. The van der Waals surface area contributed by atoms with E-state index >= 15 is 0 Å². The van der Waals surface area contributed by atoms with Gasteiger partial charge in [0.25, 0.3) is 0 Å². The van der Waals surface area contributed by atoms with Gasteiger partial charge in [0.05, 0.1) is 11.2 Å². The molecular weight excluding hydrogens is 388 g/mol. The van der Waals surface area contributed by atoms with Crippen LogP contribution in [0.1, 0.15) is 45.6 Å². The number of anilines is 1. The second-order valence-electron chi connectivity index (χ2n) is 9.01. The molecule has 0 spiro atoms. The van der Waals surface area contributed by atoms with Crippen molar-refractivity contribution in [2.24, 2.45) is 0 Å². The van der Waals surface area contributed by atoms with E-state index in [2.05, 4.69) is 39.6 Å². The minimum Gasteiger partial charge on any atom is -0.444 e. The maximum atomic E-state index is 12.4. The largest absolute Gasteiger partial charge is 0.444 e. The summed E-state index contributed by atoms with van der Waals surface area (Å²) in [6.07, 6.45) is 6.04. The molecule has 3 N–H and O–H groups in total. The summed E-state index contributed by atoms with van der Waals surface area (Å²) in [5, 5.41) is 3.11. The second-order valence-corrected chi connectivity index (χ2v) is 9.01. The molecule has 6 nitrogen and oxygen atoms in total. The van der Waals surface area contributed by atoms with Crippen molar-refractivity contribution in [1.29, 1.82) is 0 Å². The van der Waals surface area contributed by atoms with E-state index in [-0.39, 0.29) is 11.6 Å². The number of nitrogen functional groups attached to an aromatic ring is 1. The number of rotatable bonds is 4. The molecule has 1 fully saturated rings. The van der Waals surface area contributed by atoms with Crippen molar-refractivity contribution in [3.63, 3.8) is 0 Å². The molecule has 160 valence electrons. The second kappa shape index (κ2) is 8.02. The Morgan fingerprint density at radius 1 is 1.06 bits per heavy atom. The average molecular weight is 417 g/mol. The summed E-state index contributed by atoms with van der Waals surface area (Å²) in [5.41, 5.74) is 9.89. The van der Waals surface area contributed by atoms with Crippen LogP contribution in [-0.4, -0.2) is 21.7 Å². The lowest BCUT2D eigenvalue weighted by molar-refractivity contribution is 0.0377. The van der Waals surface area contributed by atoms with E-state index in [1.165, 1.54) is 0 Å². The molecule has 0 saturated heterocycles. The summed E-state index contributed by atoms with van der Waals surface area (Å²) in [6.45, 7) is 5.61. The van der Waals surface area contributed by atoms with Crippen molar-refractivity contribution >= 4 is 11.9 Å². The summed E-state index contributed by atoms with van der Waals surface area (Å²) in [4.78, 5) is 21.2. The first-order chi connectivity index (χ1) is 14.8. The smallest absolute Gasteiger partial charge is 0.408 e. The van der Waals surface area contributed by atoms with Gasteiger partial charge in [0, 0.05) is 23.5 Å². The summed E-state index contributed by atoms with van der Waals surface area (Å²) in [6, 6.07) is 15.9. The van der Waals surface area contributed by atoms with Crippen LogP contribution in [0.15, 0.2) is 60.9 Å². The highest BCUT2D eigenvalue weighted by Gasteiger charge is 2.41. The fraction of sp³-hybridized carbons (Fsp3) is 0.320. The highest BCUT2D eigenvalue weighted by molar-refractivity contribution is 5.82. The Morgan fingerprint density at radius 3 is 2.39 bits per heavy atom. The van der Waals surface area contributed by atoms with Gasteiger partial charge in [-0.25, -0.2) is 9.78 Å². The third-order valence-electron chi connectivity index (χ3n) is 5.56. The third-order valence-corrected chi connectivity index (χ3v) is 5.56. The van der Waals surface area contributed by atoms with Crippen LogP contribution in [0.25, 0.3) is 22.4 Å². The molecule has 0 atom stereocenters. The number of carbonyl (C=O) groups excluding carboxylic acids is 1. The number of nitrogens with two attached hydrogens (primary N) is 1. The highest BCUT2D eigenvalue weighted by Crippen LogP contribution is 2.42. The Morgan fingerprint density at radius 2 is 1.81 bits per heavy atom. The van der Waals surface area contributed by atoms with Crippen molar-refractivity contribution in [3.8, 4) is 22.4 Å². The standard InChI is InChI=1S/C25H28N4O2/c1-24(2,3)31-23(30)29-25(12-6-13-25)18-10-8-17(9-11-18)20-16-28-22(26)15-19(20)21-7-4-5-14-27-21/h4-5,7-11,14-16H,6,12-13H2,1-3H3,(H2,26,28)(H,29,30). The molecule has 0 radical (unpaired) electrons. The van der Waals surface area contributed by atoms with Gasteiger partial charge in [-0.15, -0.1) is 0 Å². The van der Waals surface area contributed by atoms with Crippen molar-refractivity contribution in [3.05, 3.63) is 66.5 Å². The van der Waals surface area contributed by atoms with Gasteiger partial charge in [-0.3, -0.25) is 4.98 Å². The van der Waals surface area contributed by atoms with Gasteiger partial charge in [0.1, 0.15) is 11.4 Å². The molecule has 6 heteroatoms. The van der Waals surface area contributed by atoms with Crippen LogP contribution in [0.3, 0.4) is 0 Å². The van der Waals surface area contributed by atoms with Crippen LogP contribution in [0.4, 0.5) is 10.6 Å². The molecule has 2 aromatic heterocycles. The predicted molar refractivity (Wildman–Crippen MR) is 122 cm³/mol. The van der Waals surface area contributed by atoms with Crippen molar-refractivity contribution < 1.29 is 9.53 Å². The molecular formula is C25H28N4O2. The number of ether oxygens (including phenoxy) is 1. The Labute approximate surface area is 182 Å². The van der Waals surface area contributed by atoms with Gasteiger partial charge in [-0.2, -0.15) is 0 Å². The summed E-state index contributed by atoms with van der Waals surface area (Å²) >= 11 is 0. The zero-order chi connectivity index (χ0) is 22.1. The lowest BCUT2D eigenvalue weighted by Crippen LogP contribution is -2.52. The van der Waals surface area contributed by atoms with E-state index in [9.17, 15) is 4.79 Å². The van der Waals surface area contributed by atoms with E-state index in [1.54, 1.807) is 12.4 Å². The maximum Gasteiger partial charge on any atom is 0.408 e. The monoisotopic (exact) mass is 416 g/mol. The molecule has 1 aliphatic carbocycles. The Bertz CT molecular complexity index is 1070. The molecule has 2 heterocycles. The fourth-order valence-electron chi connectivity index (χ4n) is 3.92. The van der Waals surface area contributed by atoms with Crippen LogP contribution in [0.5, 0.6) is 0 Å². The van der Waals surface area contributed by atoms with E-state index in [4.69, 9.17) is 10.5 Å². The summed E-state index contributed by atoms with van der Waals surface area (Å²) < 4.78 is 5.48. The molecule has 1 aromatic carbocycles. The molecule has 3 aromatic rings. The van der Waals surface area contributed by atoms with Gasteiger partial charge >= 0.3 is 6.09 Å². The number of nitrogens with zero attached hydrogens (tertiary/aromatic N) is 2. The lowest BCUT2D eigenvalue weighted by atomic mass is 9.71. The van der Waals surface area contributed by atoms with Crippen molar-refractivity contribution in [2.45, 2.75) is 51.2 Å². The Balaban J connectivity index is 1.63. The molecule has 1 saturated carbocycles. The lowest BCUT2D eigenvalue weighted by Gasteiger charge is -2.43. The quantitative estimate of drug-likeness (QED) is 0.602. The van der Waals surface area contributed by atoms with Gasteiger partial charge in [0.15, 0.2) is 0 Å². The number of benzene rings is 1. The number of pyridine rings is 2. The van der Waals surface area contributed by atoms with E-state index in [0.29, 0.717) is 5.82 Å². The summed E-state index contributed by atoms with van der Waals surface area (Å²) in [7, 11) is 0. The van der Waals surface area contributed by atoms with E-state index < -0.39 is 5.60 Å². The van der Waals surface area contributed by atoms with Gasteiger partial charge in [-0.05, 0) is 69.4 Å². The predicted octanol–water partition coefficient (Wildman–Crippen LogP) is 5.30. The zero-order valence-electron chi connectivity index (χ0n) is 18.2. The first-order valence-electron chi connectivity index (χ1n) is 10.5. The highest BCUT2D eigenvalue weighted by atomic mass is 16.6. The zero-order valence-corrected chi connectivity index (χ0v) is 18.2. The minimum absolute atomic E-state index is 0.371. The van der Waals surface area contributed by atoms with Crippen LogP contribution in [0.2, 0.25) is 0 Å². The summed E-state index contributed by atoms with van der Waals surface area (Å²) in [5.74, 6) is 0.455. The minimum atomic E-state index is -0.525. The topological polar surface area (TPSA) is 90.1 Å². The van der Waals surface area contributed by atoms with Crippen molar-refractivity contribution in [2.75, 3.05) is 5.73 Å². The van der Waals surface area contributed by atoms with Crippen LogP contribution < -0.4 is 11.1 Å². The van der Waals surface area contributed by atoms with Crippen LogP contribution >= 0.6 is 0 Å². The number of hydrogen-bond donors (Lipinski definition) is 2. The maximum absolute atomic E-state index is 12.4. The van der Waals surface area contributed by atoms with Gasteiger partial charge < -0.3 is 15.8 Å². The van der Waals surface area contributed by atoms with E-state index in [1.807, 2.05) is 45.0 Å². The van der Waals surface area contributed by atoms with Crippen LogP contribution in [0, 0.1) is 0 Å². The van der Waals surface area contributed by atoms with Gasteiger partial charge in [-0.1, -0.05) is 30.3 Å². The SMILES string of the molecule is CC(C)(C)OC(=O)NC1(c2ccc(-c3cnc(N)cc3-c3ccccn3)cc2)CCC1. The number of amides is 1. The number of alkyl carbamates (subject to hydrolysis) is 1. The van der Waals surface area contributed by atoms with Gasteiger partial charge in [0.2, 0.25) is 0 Å². The van der Waals surface area contributed by atoms with Crippen LogP contribution in [-0.2, 0) is 10.3 Å². The number of carbonyl (C=O) groups is 1. The number of hydrogen-bond acceptors (Lipinski definition) is 5. The van der Waals surface area contributed by atoms with Crippen molar-refractivity contribution in [1.82, 2.24) is 15.3 Å². The molecule has 0 aliphatic heterocycles. The number of aromatic nitrogens is 2. The fourth-order valence-corrected chi connectivity index (χ4v) is 3.92. The molecule has 0 bridgehead atoms. The molecule has 1 aliphatic rings. The molecule has 31 heavy (non-hydrogen) atoms. The first kappa shape index (κ1) is 20.8. The van der Waals surface area contributed by atoms with E-state index in [0.717, 1.165) is 47.2 Å². The Hall–Kier alpha value is -3.41. The third kappa shape index (κ3) is 4.53. The Kier molecular flexibility index (Phi) is 5.39. The first-order valence-corrected chi connectivity index (χ1v) is 10.5. The normalized spacial score (nSPS) is 15.1. The molecule has 0 unspecified atom stereocenters.